The zero-order valence-corrected chi connectivity index (χ0v) is 13.8. The molecule has 2 aromatic rings. The number of nitrogens with zero attached hydrogens (tertiary/aromatic N) is 2. The van der Waals surface area contributed by atoms with Crippen LogP contribution in [0.5, 0.6) is 5.75 Å². The zero-order chi connectivity index (χ0) is 16.7. The third-order valence-electron chi connectivity index (χ3n) is 3.13. The van der Waals surface area contributed by atoms with Crippen molar-refractivity contribution >= 4 is 11.7 Å². The van der Waals surface area contributed by atoms with Gasteiger partial charge in [-0.25, -0.2) is 9.78 Å². The number of aromatic nitrogens is 2. The number of nitrogens with one attached hydrogen (secondary N) is 2. The fourth-order valence-electron chi connectivity index (χ4n) is 2.09. The van der Waals surface area contributed by atoms with Crippen LogP contribution < -0.4 is 15.4 Å². The first-order valence-corrected chi connectivity index (χ1v) is 7.79. The van der Waals surface area contributed by atoms with Gasteiger partial charge in [-0.15, -0.1) is 0 Å². The molecule has 124 valence electrons. The van der Waals surface area contributed by atoms with Crippen molar-refractivity contribution in [2.75, 3.05) is 11.9 Å². The summed E-state index contributed by atoms with van der Waals surface area (Å²) in [6.07, 6.45) is 5.31. The second kappa shape index (κ2) is 8.22. The topological polar surface area (TPSA) is 68.2 Å². The second-order valence-corrected chi connectivity index (χ2v) is 5.96. The summed E-state index contributed by atoms with van der Waals surface area (Å²) in [5, 5.41) is 5.75. The molecule has 1 aromatic heterocycles. The van der Waals surface area contributed by atoms with Crippen molar-refractivity contribution in [2.45, 2.75) is 33.4 Å². The van der Waals surface area contributed by atoms with E-state index in [1.807, 2.05) is 42.0 Å². The smallest absolute Gasteiger partial charge is 0.319 e. The molecular weight excluding hydrogens is 292 g/mol. The molecule has 1 heterocycles. The Bertz CT molecular complexity index is 611. The van der Waals surface area contributed by atoms with E-state index < -0.39 is 0 Å². The Morgan fingerprint density at radius 2 is 2.09 bits per heavy atom. The lowest BCUT2D eigenvalue weighted by Gasteiger charge is -2.17. The van der Waals surface area contributed by atoms with E-state index >= 15 is 0 Å². The quantitative estimate of drug-likeness (QED) is 0.824. The summed E-state index contributed by atoms with van der Waals surface area (Å²) < 4.78 is 7.66. The minimum atomic E-state index is -0.252. The van der Waals surface area contributed by atoms with E-state index in [1.165, 1.54) is 0 Å². The van der Waals surface area contributed by atoms with E-state index in [0.717, 1.165) is 0 Å². The molecule has 1 atom stereocenters. The molecule has 0 aliphatic rings. The minimum Gasteiger partial charge on any atom is -0.491 e. The highest BCUT2D eigenvalue weighted by molar-refractivity contribution is 5.91. The van der Waals surface area contributed by atoms with E-state index in [1.54, 1.807) is 12.5 Å². The van der Waals surface area contributed by atoms with Crippen LogP contribution >= 0.6 is 0 Å². The number of rotatable bonds is 7. The Hall–Kier alpha value is -2.50. The fourth-order valence-corrected chi connectivity index (χ4v) is 2.09. The van der Waals surface area contributed by atoms with E-state index in [4.69, 9.17) is 4.74 Å². The third kappa shape index (κ3) is 5.65. The number of hydrogen-bond acceptors (Lipinski definition) is 3. The van der Waals surface area contributed by atoms with E-state index in [-0.39, 0.29) is 12.1 Å². The number of carbonyl (C=O) groups excluding carboxylic acids is 1. The Balaban J connectivity index is 1.89. The average molecular weight is 316 g/mol. The number of hydrogen-bond donors (Lipinski definition) is 2. The van der Waals surface area contributed by atoms with E-state index in [9.17, 15) is 4.79 Å². The Morgan fingerprint density at radius 3 is 2.78 bits per heavy atom. The van der Waals surface area contributed by atoms with Crippen LogP contribution in [0.1, 0.15) is 20.8 Å². The number of imidazole rings is 1. The molecule has 2 N–H and O–H groups in total. The van der Waals surface area contributed by atoms with Gasteiger partial charge in [0.2, 0.25) is 0 Å². The Labute approximate surface area is 136 Å². The van der Waals surface area contributed by atoms with Gasteiger partial charge in [-0.3, -0.25) is 0 Å². The van der Waals surface area contributed by atoms with Gasteiger partial charge in [-0.2, -0.15) is 0 Å². The van der Waals surface area contributed by atoms with Crippen LogP contribution in [0.2, 0.25) is 0 Å². The first kappa shape index (κ1) is 16.9. The minimum absolute atomic E-state index is 0.0204. The normalized spacial score (nSPS) is 12.0. The molecule has 2 rings (SSSR count). The molecule has 0 radical (unpaired) electrons. The molecule has 0 spiro atoms. The van der Waals surface area contributed by atoms with Crippen LogP contribution in [0.25, 0.3) is 0 Å². The van der Waals surface area contributed by atoms with Crippen LogP contribution in [0.4, 0.5) is 10.5 Å². The van der Waals surface area contributed by atoms with Crippen LogP contribution in [-0.2, 0) is 6.54 Å². The van der Waals surface area contributed by atoms with Crippen molar-refractivity contribution in [1.82, 2.24) is 14.9 Å². The highest BCUT2D eigenvalue weighted by atomic mass is 16.5. The summed E-state index contributed by atoms with van der Waals surface area (Å²) >= 11 is 0. The molecule has 0 aliphatic carbocycles. The summed E-state index contributed by atoms with van der Waals surface area (Å²) in [4.78, 5) is 16.1. The van der Waals surface area contributed by atoms with Gasteiger partial charge in [0.1, 0.15) is 5.75 Å². The zero-order valence-electron chi connectivity index (χ0n) is 13.8. The molecule has 0 bridgehead atoms. The number of benzene rings is 1. The lowest BCUT2D eigenvalue weighted by Crippen LogP contribution is -2.38. The van der Waals surface area contributed by atoms with Gasteiger partial charge < -0.3 is 19.9 Å². The summed E-state index contributed by atoms with van der Waals surface area (Å²) in [5.41, 5.74) is 0.667. The van der Waals surface area contributed by atoms with Gasteiger partial charge in [0.05, 0.1) is 18.6 Å². The third-order valence-corrected chi connectivity index (χ3v) is 3.13. The number of ether oxygens (including phenoxy) is 1. The maximum atomic E-state index is 12.1. The second-order valence-electron chi connectivity index (χ2n) is 5.96. The SMILES string of the molecule is CC(C)COc1ccccc1NC(=O)N[C@H](C)Cn1ccnc1. The number of urea groups is 1. The van der Waals surface area contributed by atoms with Gasteiger partial charge in [0, 0.05) is 25.0 Å². The van der Waals surface area contributed by atoms with Crippen LogP contribution in [-0.4, -0.2) is 28.2 Å². The lowest BCUT2D eigenvalue weighted by molar-refractivity contribution is 0.247. The molecule has 1 aromatic carbocycles. The first-order chi connectivity index (χ1) is 11.0. The monoisotopic (exact) mass is 316 g/mol. The molecular formula is C17H24N4O2. The van der Waals surface area contributed by atoms with Crippen molar-refractivity contribution in [2.24, 2.45) is 5.92 Å². The Morgan fingerprint density at radius 1 is 1.30 bits per heavy atom. The van der Waals surface area contributed by atoms with Crippen molar-refractivity contribution in [3.8, 4) is 5.75 Å². The van der Waals surface area contributed by atoms with Crippen molar-refractivity contribution in [1.29, 1.82) is 0 Å². The fraction of sp³-hybridized carbons (Fsp3) is 0.412. The number of carbonyl (C=O) groups is 1. The number of amides is 2. The van der Waals surface area contributed by atoms with Gasteiger partial charge in [0.15, 0.2) is 0 Å². The molecule has 23 heavy (non-hydrogen) atoms. The van der Waals surface area contributed by atoms with E-state index in [0.29, 0.717) is 30.5 Å². The maximum absolute atomic E-state index is 12.1. The Kier molecular flexibility index (Phi) is 6.02. The van der Waals surface area contributed by atoms with Gasteiger partial charge >= 0.3 is 6.03 Å². The maximum Gasteiger partial charge on any atom is 0.319 e. The molecule has 2 amide bonds. The molecule has 0 saturated heterocycles. The standard InChI is InChI=1S/C17H24N4O2/c1-13(2)11-23-16-7-5-4-6-15(16)20-17(22)19-14(3)10-21-9-8-18-12-21/h4-9,12-14H,10-11H2,1-3H3,(H2,19,20,22)/t14-/m1/s1. The largest absolute Gasteiger partial charge is 0.491 e. The van der Waals surface area contributed by atoms with Crippen molar-refractivity contribution in [3.05, 3.63) is 43.0 Å². The predicted molar refractivity (Wildman–Crippen MR) is 90.6 cm³/mol. The lowest BCUT2D eigenvalue weighted by atomic mass is 10.2. The highest BCUT2D eigenvalue weighted by Gasteiger charge is 2.11. The summed E-state index contributed by atoms with van der Waals surface area (Å²) in [5.74, 6) is 1.10. The van der Waals surface area contributed by atoms with E-state index in [2.05, 4.69) is 29.5 Å². The average Bonchev–Trinajstić information content (AvgIpc) is 2.98. The van der Waals surface area contributed by atoms with Crippen LogP contribution in [0, 0.1) is 5.92 Å². The molecule has 6 heteroatoms. The molecule has 6 nitrogen and oxygen atoms in total. The first-order valence-electron chi connectivity index (χ1n) is 7.79. The molecule has 0 fully saturated rings. The molecule has 0 unspecified atom stereocenters. The molecule has 0 saturated carbocycles. The van der Waals surface area contributed by atoms with Crippen LogP contribution in [0.3, 0.4) is 0 Å². The summed E-state index contributed by atoms with van der Waals surface area (Å²) in [7, 11) is 0. The van der Waals surface area contributed by atoms with Gasteiger partial charge in [-0.1, -0.05) is 26.0 Å². The van der Waals surface area contributed by atoms with Crippen molar-refractivity contribution in [3.63, 3.8) is 0 Å². The number of para-hydroxylation sites is 2. The van der Waals surface area contributed by atoms with Crippen LogP contribution in [0.15, 0.2) is 43.0 Å². The van der Waals surface area contributed by atoms with Gasteiger partial charge in [0.25, 0.3) is 0 Å². The number of anilines is 1. The van der Waals surface area contributed by atoms with Gasteiger partial charge in [-0.05, 0) is 25.0 Å². The summed E-state index contributed by atoms with van der Waals surface area (Å²) in [6.45, 7) is 7.39. The molecule has 0 aliphatic heterocycles. The highest BCUT2D eigenvalue weighted by Crippen LogP contribution is 2.24. The van der Waals surface area contributed by atoms with Crippen molar-refractivity contribution < 1.29 is 9.53 Å². The summed E-state index contributed by atoms with van der Waals surface area (Å²) in [6, 6.07) is 7.17. The predicted octanol–water partition coefficient (Wildman–Crippen LogP) is 3.13.